The van der Waals surface area contributed by atoms with Gasteiger partial charge in [0.05, 0.1) is 0 Å². The molecule has 0 atom stereocenters. The van der Waals surface area contributed by atoms with Crippen LogP contribution in [0.15, 0.2) is 25.2 Å². The number of allylic oxidation sites excluding steroid dienone is 1. The number of nitrogens with zero attached hydrogens (tertiary/aromatic N) is 1. The van der Waals surface area contributed by atoms with E-state index >= 15 is 0 Å². The van der Waals surface area contributed by atoms with Crippen molar-refractivity contribution in [3.05, 3.63) is 31.4 Å². The molecule has 0 bridgehead atoms. The summed E-state index contributed by atoms with van der Waals surface area (Å²) in [5.41, 5.74) is 0. The third kappa shape index (κ3) is 0.964. The molecule has 0 aliphatic heterocycles. The number of rotatable bonds is 2. The lowest BCUT2D eigenvalue weighted by atomic mass is 10.6. The molecule has 1 radical (unpaired) electrons. The highest BCUT2D eigenvalue weighted by molar-refractivity contribution is 4.60. The molecule has 0 spiro atoms. The van der Waals surface area contributed by atoms with Crippen LogP contribution in [0, 0.1) is 6.20 Å². The van der Waals surface area contributed by atoms with Crippen molar-refractivity contribution in [2.45, 2.75) is 6.54 Å². The molecule has 1 aromatic heterocycles. The maximum absolute atomic E-state index is 3.58. The molecule has 0 saturated heterocycles. The van der Waals surface area contributed by atoms with Gasteiger partial charge in [0.1, 0.15) is 12.7 Å². The molecule has 1 aromatic rings. The fourth-order valence-corrected chi connectivity index (χ4v) is 0.529. The van der Waals surface area contributed by atoms with E-state index in [0.717, 1.165) is 6.54 Å². The Hall–Kier alpha value is -1.05. The monoisotopic (exact) mass is 108 g/mol. The molecule has 0 amide bonds. The number of hydrogen-bond acceptors (Lipinski definition) is 0. The molecule has 0 aromatic carbocycles. The van der Waals surface area contributed by atoms with E-state index in [1.165, 1.54) is 0 Å². The van der Waals surface area contributed by atoms with E-state index in [1.54, 1.807) is 6.20 Å². The minimum Gasteiger partial charge on any atom is -0.249 e. The van der Waals surface area contributed by atoms with E-state index in [-0.39, 0.29) is 0 Å². The highest BCUT2D eigenvalue weighted by Gasteiger charge is 1.89. The van der Waals surface area contributed by atoms with Crippen LogP contribution in [0.2, 0.25) is 0 Å². The summed E-state index contributed by atoms with van der Waals surface area (Å²) in [4.78, 5) is 2.87. The van der Waals surface area contributed by atoms with Gasteiger partial charge in [-0.05, 0) is 0 Å². The first-order valence-electron chi connectivity index (χ1n) is 2.48. The largest absolute Gasteiger partial charge is 0.249 e. The van der Waals surface area contributed by atoms with Gasteiger partial charge in [-0.3, -0.25) is 0 Å². The summed E-state index contributed by atoms with van der Waals surface area (Å²) >= 11 is 0. The van der Waals surface area contributed by atoms with Gasteiger partial charge in [-0.2, -0.15) is 0 Å². The smallest absolute Gasteiger partial charge is 0.242 e. The predicted molar refractivity (Wildman–Crippen MR) is 30.0 cm³/mol. The molecular formula is C6H8N2+. The minimum absolute atomic E-state index is 0.823. The average molecular weight is 108 g/mol. The Morgan fingerprint density at radius 3 is 3.25 bits per heavy atom. The van der Waals surface area contributed by atoms with Crippen LogP contribution in [-0.4, -0.2) is 4.98 Å². The summed E-state index contributed by atoms with van der Waals surface area (Å²) < 4.78 is 1.88. The maximum Gasteiger partial charge on any atom is 0.242 e. The molecule has 41 valence electrons. The van der Waals surface area contributed by atoms with Crippen LogP contribution in [0.5, 0.6) is 0 Å². The number of nitrogens with one attached hydrogen (secondary N) is 1. The standard InChI is InChI=1S/C6H8N2/c1-2-4-8-5-3-7-6-8/h2-3,6-7H,1,4H2/q+1. The third-order valence-corrected chi connectivity index (χ3v) is 0.870. The quantitative estimate of drug-likeness (QED) is 0.415. The lowest BCUT2D eigenvalue weighted by Crippen LogP contribution is -2.29. The molecule has 0 fully saturated rings. The molecule has 1 heterocycles. The van der Waals surface area contributed by atoms with Gasteiger partial charge in [0.25, 0.3) is 0 Å². The van der Waals surface area contributed by atoms with Crippen molar-refractivity contribution in [3.8, 4) is 0 Å². The van der Waals surface area contributed by atoms with Gasteiger partial charge in [0.15, 0.2) is 0 Å². The predicted octanol–water partition coefficient (Wildman–Crippen LogP) is 0.288. The molecule has 0 aliphatic carbocycles. The first-order chi connectivity index (χ1) is 3.93. The molecule has 2 nitrogen and oxygen atoms in total. The van der Waals surface area contributed by atoms with Gasteiger partial charge in [-0.15, -0.1) is 0 Å². The Kier molecular flexibility index (Phi) is 1.47. The fourth-order valence-electron chi connectivity index (χ4n) is 0.529. The number of aromatic nitrogens is 2. The van der Waals surface area contributed by atoms with E-state index in [9.17, 15) is 0 Å². The first-order valence-corrected chi connectivity index (χ1v) is 2.48. The van der Waals surface area contributed by atoms with Gasteiger partial charge in [0, 0.05) is 0 Å². The lowest BCUT2D eigenvalue weighted by molar-refractivity contribution is -0.689. The van der Waals surface area contributed by atoms with Crippen molar-refractivity contribution in [1.82, 2.24) is 4.98 Å². The third-order valence-electron chi connectivity index (χ3n) is 0.870. The normalized spacial score (nSPS) is 9.00. The summed E-state index contributed by atoms with van der Waals surface area (Å²) in [5, 5.41) is 0. The van der Waals surface area contributed by atoms with Gasteiger partial charge >= 0.3 is 0 Å². The van der Waals surface area contributed by atoms with Crippen LogP contribution in [0.3, 0.4) is 0 Å². The van der Waals surface area contributed by atoms with Gasteiger partial charge in [-0.1, -0.05) is 12.7 Å². The zero-order chi connectivity index (χ0) is 5.82. The van der Waals surface area contributed by atoms with Crippen LogP contribution < -0.4 is 4.57 Å². The molecule has 0 aliphatic rings. The summed E-state index contributed by atoms with van der Waals surface area (Å²) in [7, 11) is 0. The van der Waals surface area contributed by atoms with Gasteiger partial charge in [0.2, 0.25) is 12.5 Å². The Balaban J connectivity index is 2.62. The van der Waals surface area contributed by atoms with Crippen LogP contribution in [-0.2, 0) is 6.54 Å². The topological polar surface area (TPSA) is 19.7 Å². The fraction of sp³-hybridized carbons (Fsp3) is 0.167. The van der Waals surface area contributed by atoms with Crippen molar-refractivity contribution in [2.24, 2.45) is 0 Å². The van der Waals surface area contributed by atoms with Crippen LogP contribution in [0.4, 0.5) is 0 Å². The SMILES string of the molecule is C=CC[n+]1[c]c[nH]c1. The van der Waals surface area contributed by atoms with Crippen molar-refractivity contribution < 1.29 is 4.57 Å². The van der Waals surface area contributed by atoms with Crippen LogP contribution >= 0.6 is 0 Å². The molecule has 2 heteroatoms. The molecule has 0 saturated carbocycles. The van der Waals surface area contributed by atoms with Crippen molar-refractivity contribution >= 4 is 0 Å². The first kappa shape index (κ1) is 5.09. The molecule has 8 heavy (non-hydrogen) atoms. The highest BCUT2D eigenvalue weighted by Crippen LogP contribution is 1.67. The zero-order valence-corrected chi connectivity index (χ0v) is 4.59. The Morgan fingerprint density at radius 2 is 2.75 bits per heavy atom. The molecule has 1 rings (SSSR count). The van der Waals surface area contributed by atoms with Crippen LogP contribution in [0.25, 0.3) is 0 Å². The summed E-state index contributed by atoms with van der Waals surface area (Å²) in [6.07, 6.45) is 8.34. The number of hydrogen-bond donors (Lipinski definition) is 1. The summed E-state index contributed by atoms with van der Waals surface area (Å²) in [6.45, 7) is 4.40. The number of H-pyrrole nitrogens is 1. The maximum atomic E-state index is 3.58. The highest BCUT2D eigenvalue weighted by atomic mass is 15.0. The van der Waals surface area contributed by atoms with Crippen molar-refractivity contribution in [3.63, 3.8) is 0 Å². The van der Waals surface area contributed by atoms with Crippen molar-refractivity contribution in [1.29, 1.82) is 0 Å². The van der Waals surface area contributed by atoms with Gasteiger partial charge < -0.3 is 0 Å². The minimum atomic E-state index is 0.823. The number of aromatic amines is 1. The van der Waals surface area contributed by atoms with Crippen molar-refractivity contribution in [2.75, 3.05) is 0 Å². The molecular weight excluding hydrogens is 100 g/mol. The second-order valence-electron chi connectivity index (χ2n) is 1.51. The second kappa shape index (κ2) is 2.31. The van der Waals surface area contributed by atoms with Gasteiger partial charge in [-0.25, -0.2) is 9.55 Å². The zero-order valence-electron chi connectivity index (χ0n) is 4.59. The molecule has 1 N–H and O–H groups in total. The lowest BCUT2D eigenvalue weighted by Gasteiger charge is -1.80. The van der Waals surface area contributed by atoms with E-state index in [1.807, 2.05) is 17.0 Å². The summed E-state index contributed by atoms with van der Waals surface area (Å²) in [5.74, 6) is 0. The van der Waals surface area contributed by atoms with E-state index < -0.39 is 0 Å². The molecule has 0 unspecified atom stereocenters. The van der Waals surface area contributed by atoms with E-state index in [0.29, 0.717) is 0 Å². The number of imidazole rings is 1. The Labute approximate surface area is 48.5 Å². The Morgan fingerprint density at radius 1 is 1.88 bits per heavy atom. The van der Waals surface area contributed by atoms with E-state index in [4.69, 9.17) is 0 Å². The van der Waals surface area contributed by atoms with E-state index in [2.05, 4.69) is 17.8 Å². The Bertz CT molecular complexity index is 153. The summed E-state index contributed by atoms with van der Waals surface area (Å²) in [6, 6.07) is 0. The average Bonchev–Trinajstić information content (AvgIpc) is 2.19. The second-order valence-corrected chi connectivity index (χ2v) is 1.51. The van der Waals surface area contributed by atoms with Crippen LogP contribution in [0.1, 0.15) is 0 Å².